The van der Waals surface area contributed by atoms with Crippen molar-refractivity contribution in [2.24, 2.45) is 0 Å². The first-order valence-electron chi connectivity index (χ1n) is 10.8. The van der Waals surface area contributed by atoms with Crippen molar-refractivity contribution in [3.05, 3.63) is 30.7 Å². The van der Waals surface area contributed by atoms with Crippen molar-refractivity contribution in [2.45, 2.75) is 50.0 Å². The van der Waals surface area contributed by atoms with Gasteiger partial charge in [-0.05, 0) is 37.1 Å². The van der Waals surface area contributed by atoms with E-state index in [1.54, 1.807) is 19.6 Å². The number of aliphatic hydroxyl groups excluding tert-OH is 4. The van der Waals surface area contributed by atoms with Crippen LogP contribution in [-0.4, -0.2) is 88.2 Å². The maximum Gasteiger partial charge on any atom is 0.142 e. The zero-order valence-electron chi connectivity index (χ0n) is 17.9. The van der Waals surface area contributed by atoms with Gasteiger partial charge in [0, 0.05) is 18.7 Å². The Morgan fingerprint density at radius 2 is 1.94 bits per heavy atom. The number of ether oxygens (including phenoxy) is 1. The molecule has 1 aliphatic rings. The molecule has 0 spiro atoms. The van der Waals surface area contributed by atoms with Gasteiger partial charge in [0.25, 0.3) is 0 Å². The van der Waals surface area contributed by atoms with E-state index in [4.69, 9.17) is 9.26 Å². The average molecular weight is 436 g/mol. The topological polar surface area (TPSA) is 131 Å². The summed E-state index contributed by atoms with van der Waals surface area (Å²) in [7, 11) is 1.64. The number of likely N-dealkylation sites (tertiary alicyclic amines) is 1. The lowest BCUT2D eigenvalue weighted by Crippen LogP contribution is -2.62. The molecule has 1 fully saturated rings. The van der Waals surface area contributed by atoms with Gasteiger partial charge in [0.2, 0.25) is 0 Å². The minimum absolute atomic E-state index is 0.243. The quantitative estimate of drug-likeness (QED) is 0.329. The van der Waals surface area contributed by atoms with E-state index in [-0.39, 0.29) is 13.2 Å². The summed E-state index contributed by atoms with van der Waals surface area (Å²) in [6, 6.07) is 5.39. The van der Waals surface area contributed by atoms with E-state index in [1.165, 1.54) is 0 Å². The molecule has 9 heteroatoms. The molecule has 0 saturated carbocycles. The van der Waals surface area contributed by atoms with Crippen LogP contribution in [0, 0.1) is 0 Å². The minimum atomic E-state index is -1.21. The van der Waals surface area contributed by atoms with E-state index in [0.29, 0.717) is 6.54 Å². The van der Waals surface area contributed by atoms with E-state index < -0.39 is 24.4 Å². The number of aliphatic hydroxyl groups is 4. The molecule has 172 valence electrons. The lowest BCUT2D eigenvalue weighted by atomic mass is 9.94. The molecule has 3 rings (SSSR count). The second-order valence-corrected chi connectivity index (χ2v) is 7.96. The third kappa shape index (κ3) is 5.96. The summed E-state index contributed by atoms with van der Waals surface area (Å²) in [5, 5.41) is 46.3. The largest absolute Gasteiger partial charge is 0.495 e. The van der Waals surface area contributed by atoms with Crippen LogP contribution in [0.15, 0.2) is 35.2 Å². The van der Waals surface area contributed by atoms with Crippen LogP contribution in [0.1, 0.15) is 25.7 Å². The Bertz CT molecular complexity index is 788. The number of rotatable bonds is 11. The van der Waals surface area contributed by atoms with E-state index in [9.17, 15) is 20.4 Å². The monoisotopic (exact) mass is 435 g/mol. The fourth-order valence-corrected chi connectivity index (χ4v) is 4.02. The third-order valence-electron chi connectivity index (χ3n) is 5.87. The standard InChI is InChI=1S/C22H33N3O6/c1-30-20-10-15(16-11-24-31-14-16)6-7-17(20)23-8-4-2-3-5-9-25-12-19(27)22(29)21(28)18(25)13-26/h6-7,10-11,14,18-19,21-23,26-29H,2-5,8-9,12-13H2,1H3/t18-,19+,21-,22-/m1/s1. The van der Waals surface area contributed by atoms with Crippen LogP contribution in [-0.2, 0) is 0 Å². The van der Waals surface area contributed by atoms with Crippen LogP contribution in [0.3, 0.4) is 0 Å². The fourth-order valence-electron chi connectivity index (χ4n) is 4.02. The van der Waals surface area contributed by atoms with Crippen molar-refractivity contribution < 1.29 is 29.7 Å². The summed E-state index contributed by atoms with van der Waals surface area (Å²) < 4.78 is 10.4. The summed E-state index contributed by atoms with van der Waals surface area (Å²) in [5.41, 5.74) is 2.81. The van der Waals surface area contributed by atoms with E-state index in [0.717, 1.165) is 54.8 Å². The number of nitrogens with zero attached hydrogens (tertiary/aromatic N) is 2. The molecule has 1 aromatic carbocycles. The highest BCUT2D eigenvalue weighted by molar-refractivity contribution is 5.69. The molecule has 9 nitrogen and oxygen atoms in total. The first-order chi connectivity index (χ1) is 15.0. The molecule has 31 heavy (non-hydrogen) atoms. The highest BCUT2D eigenvalue weighted by atomic mass is 16.5. The van der Waals surface area contributed by atoms with E-state index >= 15 is 0 Å². The molecule has 0 radical (unpaired) electrons. The van der Waals surface area contributed by atoms with Gasteiger partial charge in [-0.2, -0.15) is 0 Å². The summed E-state index contributed by atoms with van der Waals surface area (Å²) in [5.74, 6) is 0.762. The second kappa shape index (κ2) is 11.4. The number of unbranched alkanes of at least 4 members (excludes halogenated alkanes) is 3. The van der Waals surface area contributed by atoms with Crippen LogP contribution in [0.5, 0.6) is 5.75 Å². The molecule has 0 unspecified atom stereocenters. The summed E-state index contributed by atoms with van der Waals surface area (Å²) in [6.45, 7) is 1.50. The van der Waals surface area contributed by atoms with Crippen molar-refractivity contribution in [3.8, 4) is 16.9 Å². The molecular formula is C22H33N3O6. The van der Waals surface area contributed by atoms with Crippen LogP contribution in [0.4, 0.5) is 5.69 Å². The van der Waals surface area contributed by atoms with Gasteiger partial charge in [0.15, 0.2) is 0 Å². The Hall–Kier alpha value is -2.17. The molecule has 2 aromatic rings. The number of aromatic nitrogens is 1. The van der Waals surface area contributed by atoms with Crippen LogP contribution in [0.2, 0.25) is 0 Å². The number of hydrogen-bond donors (Lipinski definition) is 5. The average Bonchev–Trinajstić information content (AvgIpc) is 3.32. The van der Waals surface area contributed by atoms with Crippen molar-refractivity contribution in [3.63, 3.8) is 0 Å². The fraction of sp³-hybridized carbons (Fsp3) is 0.591. The number of benzene rings is 1. The Balaban J connectivity index is 1.37. The molecule has 5 N–H and O–H groups in total. The van der Waals surface area contributed by atoms with Crippen molar-refractivity contribution in [2.75, 3.05) is 38.7 Å². The van der Waals surface area contributed by atoms with Crippen LogP contribution < -0.4 is 10.1 Å². The summed E-state index contributed by atoms with van der Waals surface area (Å²) >= 11 is 0. The first kappa shape index (κ1) is 23.5. The number of piperidine rings is 1. The molecule has 4 atom stereocenters. The van der Waals surface area contributed by atoms with Crippen molar-refractivity contribution in [1.29, 1.82) is 0 Å². The normalized spacial score (nSPS) is 24.3. The molecule has 1 aliphatic heterocycles. The molecule has 2 heterocycles. The predicted octanol–water partition coefficient (Wildman–Crippen LogP) is 1.08. The minimum Gasteiger partial charge on any atom is -0.495 e. The maximum absolute atomic E-state index is 10.0. The number of methoxy groups -OCH3 is 1. The zero-order valence-corrected chi connectivity index (χ0v) is 17.9. The number of hydrogen-bond acceptors (Lipinski definition) is 9. The van der Waals surface area contributed by atoms with Gasteiger partial charge in [-0.1, -0.05) is 24.1 Å². The Morgan fingerprint density at radius 1 is 1.13 bits per heavy atom. The third-order valence-corrected chi connectivity index (χ3v) is 5.87. The van der Waals surface area contributed by atoms with E-state index in [1.807, 2.05) is 23.1 Å². The van der Waals surface area contributed by atoms with Crippen molar-refractivity contribution in [1.82, 2.24) is 10.1 Å². The van der Waals surface area contributed by atoms with Gasteiger partial charge < -0.3 is 35.0 Å². The lowest BCUT2D eigenvalue weighted by molar-refractivity contribution is -0.145. The van der Waals surface area contributed by atoms with E-state index in [2.05, 4.69) is 10.5 Å². The first-order valence-corrected chi connectivity index (χ1v) is 10.8. The number of β-amino-alcohol motifs (C(OH)–C–C–N with tert-alkyl or cyclic N) is 1. The summed E-state index contributed by atoms with van der Waals surface area (Å²) in [6.07, 6.45) is 3.83. The smallest absolute Gasteiger partial charge is 0.142 e. The molecule has 0 bridgehead atoms. The van der Waals surface area contributed by atoms with Crippen molar-refractivity contribution >= 4 is 5.69 Å². The highest BCUT2D eigenvalue weighted by Gasteiger charge is 2.40. The molecule has 0 amide bonds. The predicted molar refractivity (Wildman–Crippen MR) is 116 cm³/mol. The molecule has 0 aliphatic carbocycles. The van der Waals surface area contributed by atoms with Crippen LogP contribution >= 0.6 is 0 Å². The summed E-state index contributed by atoms with van der Waals surface area (Å²) in [4.78, 5) is 1.86. The molecule has 1 aromatic heterocycles. The lowest BCUT2D eigenvalue weighted by Gasteiger charge is -2.43. The zero-order chi connectivity index (χ0) is 22.2. The van der Waals surface area contributed by atoms with Gasteiger partial charge >= 0.3 is 0 Å². The van der Waals surface area contributed by atoms with Gasteiger partial charge in [0.1, 0.15) is 24.2 Å². The number of nitrogens with one attached hydrogen (secondary N) is 1. The van der Waals surface area contributed by atoms with Gasteiger partial charge in [0.05, 0.1) is 37.7 Å². The Labute approximate surface area is 182 Å². The highest BCUT2D eigenvalue weighted by Crippen LogP contribution is 2.30. The molecular weight excluding hydrogens is 402 g/mol. The van der Waals surface area contributed by atoms with Gasteiger partial charge in [-0.3, -0.25) is 4.90 Å². The second-order valence-electron chi connectivity index (χ2n) is 7.96. The maximum atomic E-state index is 10.0. The van der Waals surface area contributed by atoms with Crippen LogP contribution in [0.25, 0.3) is 11.1 Å². The van der Waals surface area contributed by atoms with Gasteiger partial charge in [-0.15, -0.1) is 0 Å². The number of anilines is 1. The Kier molecular flexibility index (Phi) is 8.68. The Morgan fingerprint density at radius 3 is 2.65 bits per heavy atom. The molecule has 1 saturated heterocycles. The SMILES string of the molecule is COc1cc(-c2cnoc2)ccc1NCCCCCCN1C[C@H](O)[C@@H](O)[C@H](O)[C@H]1CO. The van der Waals surface area contributed by atoms with Gasteiger partial charge in [-0.25, -0.2) is 0 Å².